The van der Waals surface area contributed by atoms with Crippen LogP contribution in [-0.4, -0.2) is 6.10 Å². The molecule has 1 fully saturated rings. The van der Waals surface area contributed by atoms with Gasteiger partial charge in [0.25, 0.3) is 0 Å². The summed E-state index contributed by atoms with van der Waals surface area (Å²) in [7, 11) is 0. The number of halogens is 1. The van der Waals surface area contributed by atoms with Gasteiger partial charge in [-0.25, -0.2) is 4.39 Å². The highest BCUT2D eigenvalue weighted by molar-refractivity contribution is 5.37. The first-order chi connectivity index (χ1) is 8.99. The third-order valence-electron chi connectivity index (χ3n) is 4.31. The van der Waals surface area contributed by atoms with E-state index in [1.807, 2.05) is 6.07 Å². The Balaban J connectivity index is 2.13. The minimum atomic E-state index is -0.351. The van der Waals surface area contributed by atoms with Gasteiger partial charge in [0.2, 0.25) is 0 Å². The van der Waals surface area contributed by atoms with E-state index in [2.05, 4.69) is 13.8 Å². The highest BCUT2D eigenvalue weighted by Gasteiger charge is 2.26. The quantitative estimate of drug-likeness (QED) is 0.895. The van der Waals surface area contributed by atoms with Gasteiger partial charge in [0, 0.05) is 11.6 Å². The molecule has 1 aliphatic carbocycles. The van der Waals surface area contributed by atoms with Gasteiger partial charge in [0.1, 0.15) is 11.6 Å². The number of nitrogens with two attached hydrogens (primary N) is 1. The zero-order valence-electron chi connectivity index (χ0n) is 12.0. The number of hydrogen-bond donors (Lipinski definition) is 1. The summed E-state index contributed by atoms with van der Waals surface area (Å²) in [6.45, 7) is 6.34. The molecule has 0 aromatic heterocycles. The molecule has 0 amide bonds. The first-order valence-corrected chi connectivity index (χ1v) is 7.19. The molecule has 0 aliphatic heterocycles. The fourth-order valence-corrected chi connectivity index (χ4v) is 2.85. The highest BCUT2D eigenvalue weighted by Crippen LogP contribution is 2.34. The van der Waals surface area contributed by atoms with Gasteiger partial charge < -0.3 is 10.5 Å². The van der Waals surface area contributed by atoms with E-state index in [-0.39, 0.29) is 18.0 Å². The van der Waals surface area contributed by atoms with Crippen LogP contribution in [0.1, 0.15) is 51.6 Å². The molecule has 1 aliphatic rings. The van der Waals surface area contributed by atoms with Crippen LogP contribution in [0.15, 0.2) is 18.2 Å². The third kappa shape index (κ3) is 3.27. The van der Waals surface area contributed by atoms with Crippen LogP contribution in [-0.2, 0) is 0 Å². The maximum Gasteiger partial charge on any atom is 0.131 e. The summed E-state index contributed by atoms with van der Waals surface area (Å²) in [6, 6.07) is 4.60. The highest BCUT2D eigenvalue weighted by atomic mass is 19.1. The molecule has 0 saturated heterocycles. The monoisotopic (exact) mass is 265 g/mol. The zero-order chi connectivity index (χ0) is 14.0. The zero-order valence-corrected chi connectivity index (χ0v) is 12.0. The number of hydrogen-bond acceptors (Lipinski definition) is 2. The van der Waals surface area contributed by atoms with E-state index < -0.39 is 0 Å². The van der Waals surface area contributed by atoms with E-state index in [4.69, 9.17) is 10.5 Å². The first-order valence-electron chi connectivity index (χ1n) is 7.19. The minimum absolute atomic E-state index is 0.186. The predicted octanol–water partition coefficient (Wildman–Crippen LogP) is 4.05. The molecule has 3 heteroatoms. The van der Waals surface area contributed by atoms with Crippen molar-refractivity contribution >= 4 is 0 Å². The lowest BCUT2D eigenvalue weighted by Gasteiger charge is -2.33. The van der Waals surface area contributed by atoms with E-state index >= 15 is 0 Å². The van der Waals surface area contributed by atoms with Crippen molar-refractivity contribution in [2.24, 2.45) is 17.6 Å². The molecule has 2 nitrogen and oxygen atoms in total. The molecule has 0 radical (unpaired) electrons. The second-order valence-electron chi connectivity index (χ2n) is 5.95. The van der Waals surface area contributed by atoms with Crippen LogP contribution in [0.25, 0.3) is 0 Å². The van der Waals surface area contributed by atoms with Crippen LogP contribution in [0, 0.1) is 17.7 Å². The molecule has 2 N–H and O–H groups in total. The normalized spacial score (nSPS) is 29.0. The fraction of sp³-hybridized carbons (Fsp3) is 0.625. The molecular weight excluding hydrogens is 241 g/mol. The molecule has 19 heavy (non-hydrogen) atoms. The maximum absolute atomic E-state index is 13.8. The average Bonchev–Trinajstić information content (AvgIpc) is 2.33. The third-order valence-corrected chi connectivity index (χ3v) is 4.31. The van der Waals surface area contributed by atoms with E-state index in [9.17, 15) is 4.39 Å². The van der Waals surface area contributed by atoms with Crippen LogP contribution < -0.4 is 10.5 Å². The SMILES string of the molecule is CC1CCC(Oc2cccc(F)c2[C@H](C)N)CC1C. The average molecular weight is 265 g/mol. The van der Waals surface area contributed by atoms with E-state index in [0.717, 1.165) is 18.8 Å². The molecule has 2 rings (SSSR count). The van der Waals surface area contributed by atoms with Crippen LogP contribution in [0.2, 0.25) is 0 Å². The Morgan fingerprint density at radius 1 is 1.26 bits per heavy atom. The molecule has 3 unspecified atom stereocenters. The standard InChI is InChI=1S/C16H24FNO/c1-10-7-8-13(9-11(10)2)19-15-6-4-5-14(17)16(15)12(3)18/h4-6,10-13H,7-9,18H2,1-3H3/t10?,11?,12-,13?/m0/s1. The summed E-state index contributed by atoms with van der Waals surface area (Å²) >= 11 is 0. The fourth-order valence-electron chi connectivity index (χ4n) is 2.85. The smallest absolute Gasteiger partial charge is 0.131 e. The minimum Gasteiger partial charge on any atom is -0.490 e. The van der Waals surface area contributed by atoms with Crippen molar-refractivity contribution in [2.75, 3.05) is 0 Å². The summed E-state index contributed by atoms with van der Waals surface area (Å²) in [4.78, 5) is 0. The number of benzene rings is 1. The Morgan fingerprint density at radius 3 is 2.63 bits per heavy atom. The van der Waals surface area contributed by atoms with Crippen LogP contribution in [0.4, 0.5) is 4.39 Å². The Morgan fingerprint density at radius 2 is 2.00 bits per heavy atom. The summed E-state index contributed by atoms with van der Waals surface area (Å²) in [5.74, 6) is 1.75. The molecule has 0 spiro atoms. The summed E-state index contributed by atoms with van der Waals surface area (Å²) in [5, 5.41) is 0. The van der Waals surface area contributed by atoms with Gasteiger partial charge >= 0.3 is 0 Å². The van der Waals surface area contributed by atoms with Crippen LogP contribution in [0.5, 0.6) is 5.75 Å². The second-order valence-corrected chi connectivity index (χ2v) is 5.95. The Hall–Kier alpha value is -1.09. The van der Waals surface area contributed by atoms with Gasteiger partial charge in [0.05, 0.1) is 6.10 Å². The van der Waals surface area contributed by atoms with Gasteiger partial charge in [-0.1, -0.05) is 19.9 Å². The van der Waals surface area contributed by atoms with Crippen molar-refractivity contribution in [1.82, 2.24) is 0 Å². The van der Waals surface area contributed by atoms with Crippen molar-refractivity contribution in [2.45, 2.75) is 52.2 Å². The van der Waals surface area contributed by atoms with Gasteiger partial charge in [-0.05, 0) is 50.2 Å². The molecular formula is C16H24FNO. The van der Waals surface area contributed by atoms with Crippen LogP contribution >= 0.6 is 0 Å². The van der Waals surface area contributed by atoms with Gasteiger partial charge in [-0.15, -0.1) is 0 Å². The van der Waals surface area contributed by atoms with E-state index in [1.165, 1.54) is 12.5 Å². The lowest BCUT2D eigenvalue weighted by Crippen LogP contribution is -2.29. The van der Waals surface area contributed by atoms with E-state index in [1.54, 1.807) is 13.0 Å². The van der Waals surface area contributed by atoms with Gasteiger partial charge in [-0.3, -0.25) is 0 Å². The molecule has 1 aromatic rings. The van der Waals surface area contributed by atoms with Crippen molar-refractivity contribution in [3.63, 3.8) is 0 Å². The lowest BCUT2D eigenvalue weighted by atomic mass is 9.80. The largest absolute Gasteiger partial charge is 0.490 e. The topological polar surface area (TPSA) is 35.2 Å². The first kappa shape index (κ1) is 14.3. The predicted molar refractivity (Wildman–Crippen MR) is 75.6 cm³/mol. The molecule has 1 saturated carbocycles. The Labute approximate surface area is 115 Å². The van der Waals surface area contributed by atoms with Crippen molar-refractivity contribution < 1.29 is 9.13 Å². The Kier molecular flexibility index (Phi) is 4.46. The van der Waals surface area contributed by atoms with E-state index in [0.29, 0.717) is 17.2 Å². The molecule has 0 bridgehead atoms. The summed E-state index contributed by atoms with van der Waals surface area (Å²) in [5.41, 5.74) is 6.34. The van der Waals surface area contributed by atoms with Gasteiger partial charge in [0.15, 0.2) is 0 Å². The number of rotatable bonds is 3. The van der Waals surface area contributed by atoms with Crippen molar-refractivity contribution in [3.05, 3.63) is 29.6 Å². The molecule has 1 aromatic carbocycles. The summed E-state index contributed by atoms with van der Waals surface area (Å²) < 4.78 is 19.9. The lowest BCUT2D eigenvalue weighted by molar-refractivity contribution is 0.0990. The molecule has 4 atom stereocenters. The number of ether oxygens (including phenoxy) is 1. The molecule has 106 valence electrons. The maximum atomic E-state index is 13.8. The van der Waals surface area contributed by atoms with Crippen molar-refractivity contribution in [3.8, 4) is 5.75 Å². The Bertz CT molecular complexity index is 433. The van der Waals surface area contributed by atoms with Crippen molar-refractivity contribution in [1.29, 1.82) is 0 Å². The molecule has 0 heterocycles. The van der Waals surface area contributed by atoms with Gasteiger partial charge in [-0.2, -0.15) is 0 Å². The summed E-state index contributed by atoms with van der Waals surface area (Å²) in [6.07, 6.45) is 3.44. The van der Waals surface area contributed by atoms with Crippen LogP contribution in [0.3, 0.4) is 0 Å². The second kappa shape index (κ2) is 5.91.